The molecule has 1 saturated heterocycles. The molecule has 0 radical (unpaired) electrons. The number of nitriles is 1. The van der Waals surface area contributed by atoms with Crippen LogP contribution in [0.1, 0.15) is 29.5 Å². The lowest BCUT2D eigenvalue weighted by molar-refractivity contribution is 0.294. The molecule has 1 aliphatic heterocycles. The molecule has 1 aliphatic rings. The molecular weight excluding hydrogens is 338 g/mol. The number of benzene rings is 1. The maximum atomic E-state index is 9.84. The van der Waals surface area contributed by atoms with Gasteiger partial charge in [0, 0.05) is 13.2 Å². The predicted octanol–water partition coefficient (Wildman–Crippen LogP) is 2.69. The number of imidazole rings is 1. The molecule has 6 heteroatoms. The van der Waals surface area contributed by atoms with Crippen molar-refractivity contribution in [2.24, 2.45) is 0 Å². The van der Waals surface area contributed by atoms with Crippen molar-refractivity contribution in [1.29, 1.82) is 5.26 Å². The van der Waals surface area contributed by atoms with Crippen LogP contribution in [0.5, 0.6) is 0 Å². The van der Waals surface area contributed by atoms with Gasteiger partial charge in [-0.15, -0.1) is 0 Å². The highest BCUT2D eigenvalue weighted by Gasteiger charge is 2.32. The molecule has 1 aromatic carbocycles. The van der Waals surface area contributed by atoms with Crippen molar-refractivity contribution < 1.29 is 5.11 Å². The highest BCUT2D eigenvalue weighted by Crippen LogP contribution is 2.37. The number of para-hydroxylation sites is 2. The summed E-state index contributed by atoms with van der Waals surface area (Å²) in [5.41, 5.74) is 5.16. The van der Waals surface area contributed by atoms with Crippen molar-refractivity contribution in [1.82, 2.24) is 14.3 Å². The van der Waals surface area contributed by atoms with Gasteiger partial charge in [0.1, 0.15) is 11.9 Å². The average molecular weight is 363 g/mol. The van der Waals surface area contributed by atoms with Crippen LogP contribution in [0.15, 0.2) is 24.3 Å². The van der Waals surface area contributed by atoms with Crippen molar-refractivity contribution >= 4 is 22.5 Å². The Morgan fingerprint density at radius 2 is 2.11 bits per heavy atom. The van der Waals surface area contributed by atoms with E-state index in [9.17, 15) is 10.4 Å². The number of rotatable bonds is 4. The number of nitrogens with zero attached hydrogens (tertiary/aromatic N) is 5. The Morgan fingerprint density at radius 1 is 1.33 bits per heavy atom. The number of hydrogen-bond donors (Lipinski definition) is 1. The van der Waals surface area contributed by atoms with Gasteiger partial charge in [0.05, 0.1) is 22.8 Å². The summed E-state index contributed by atoms with van der Waals surface area (Å²) in [7, 11) is 4.21. The number of hydrogen-bond acceptors (Lipinski definition) is 5. The van der Waals surface area contributed by atoms with Gasteiger partial charge in [-0.05, 0) is 63.5 Å². The second-order valence-electron chi connectivity index (χ2n) is 7.43. The fourth-order valence-corrected chi connectivity index (χ4v) is 4.41. The minimum atomic E-state index is 0.0529. The van der Waals surface area contributed by atoms with Gasteiger partial charge in [0.25, 0.3) is 0 Å². The minimum absolute atomic E-state index is 0.0529. The van der Waals surface area contributed by atoms with Gasteiger partial charge in [-0.1, -0.05) is 12.1 Å². The maximum Gasteiger partial charge on any atom is 0.157 e. The van der Waals surface area contributed by atoms with Gasteiger partial charge in [-0.2, -0.15) is 5.26 Å². The van der Waals surface area contributed by atoms with Crippen LogP contribution in [0.3, 0.4) is 0 Å². The summed E-state index contributed by atoms with van der Waals surface area (Å²) in [6.45, 7) is 2.98. The molecule has 1 N–H and O–H groups in total. The first-order valence-electron chi connectivity index (χ1n) is 9.45. The van der Waals surface area contributed by atoms with Crippen molar-refractivity contribution in [3.63, 3.8) is 0 Å². The van der Waals surface area contributed by atoms with Gasteiger partial charge in [0.2, 0.25) is 0 Å². The van der Waals surface area contributed by atoms with Crippen molar-refractivity contribution in [2.45, 2.75) is 32.4 Å². The van der Waals surface area contributed by atoms with E-state index in [1.807, 2.05) is 25.1 Å². The third-order valence-electron chi connectivity index (χ3n) is 5.66. The smallest absolute Gasteiger partial charge is 0.157 e. The molecule has 4 rings (SSSR count). The summed E-state index contributed by atoms with van der Waals surface area (Å²) in [5.74, 6) is 1.07. The van der Waals surface area contributed by atoms with Crippen LogP contribution in [-0.2, 0) is 6.42 Å². The summed E-state index contributed by atoms with van der Waals surface area (Å²) in [4.78, 5) is 9.45. The first-order valence-corrected chi connectivity index (χ1v) is 9.45. The van der Waals surface area contributed by atoms with Crippen molar-refractivity contribution in [2.75, 3.05) is 32.1 Å². The van der Waals surface area contributed by atoms with Crippen LogP contribution < -0.4 is 4.90 Å². The molecule has 0 aliphatic carbocycles. The van der Waals surface area contributed by atoms with Crippen LogP contribution in [-0.4, -0.2) is 52.8 Å². The first-order chi connectivity index (χ1) is 13.1. The molecule has 1 unspecified atom stereocenters. The van der Waals surface area contributed by atoms with Gasteiger partial charge in [0.15, 0.2) is 5.65 Å². The van der Waals surface area contributed by atoms with Crippen molar-refractivity contribution in [3.8, 4) is 6.07 Å². The van der Waals surface area contributed by atoms with E-state index in [1.54, 1.807) is 0 Å². The fourth-order valence-electron chi connectivity index (χ4n) is 4.41. The Morgan fingerprint density at radius 3 is 2.81 bits per heavy atom. The van der Waals surface area contributed by atoms with E-state index in [2.05, 4.69) is 40.4 Å². The summed E-state index contributed by atoms with van der Waals surface area (Å²) in [6, 6.07) is 10.4. The lowest BCUT2D eigenvalue weighted by Crippen LogP contribution is -2.42. The zero-order chi connectivity index (χ0) is 19.1. The number of aromatic nitrogens is 2. The third kappa shape index (κ3) is 2.66. The number of pyridine rings is 1. The Labute approximate surface area is 159 Å². The van der Waals surface area contributed by atoms with Gasteiger partial charge in [-0.3, -0.25) is 9.30 Å². The molecule has 1 fully saturated rings. The number of aliphatic hydroxyl groups excluding tert-OH is 1. The van der Waals surface area contributed by atoms with E-state index >= 15 is 0 Å². The summed E-state index contributed by atoms with van der Waals surface area (Å²) >= 11 is 0. The Kier molecular flexibility index (Phi) is 4.50. The van der Waals surface area contributed by atoms with Crippen molar-refractivity contribution in [3.05, 3.63) is 41.0 Å². The second-order valence-corrected chi connectivity index (χ2v) is 7.43. The minimum Gasteiger partial charge on any atom is -0.396 e. The van der Waals surface area contributed by atoms with E-state index in [1.165, 1.54) is 0 Å². The topological polar surface area (TPSA) is 67.8 Å². The van der Waals surface area contributed by atoms with Crippen LogP contribution in [0.25, 0.3) is 16.7 Å². The molecule has 0 amide bonds. The summed E-state index contributed by atoms with van der Waals surface area (Å²) < 4.78 is 2.13. The van der Waals surface area contributed by atoms with Crippen LogP contribution >= 0.6 is 0 Å². The molecule has 3 heterocycles. The standard InChI is InChI=1S/C21H25N5O/c1-14-15(10-12-27)21(25-11-6-9-19(25)24(2)3)26-18-8-5-4-7-17(18)23-20(26)16(14)13-22/h4-5,7-8,19,27H,6,9-12H2,1-3H3. The largest absolute Gasteiger partial charge is 0.396 e. The van der Waals surface area contributed by atoms with Crippen LogP contribution in [0.4, 0.5) is 5.82 Å². The highest BCUT2D eigenvalue weighted by atomic mass is 16.3. The summed E-state index contributed by atoms with van der Waals surface area (Å²) in [6.07, 6.45) is 3.03. The molecule has 27 heavy (non-hydrogen) atoms. The number of fused-ring (bicyclic) bond motifs is 3. The van der Waals surface area contributed by atoms with Crippen LogP contribution in [0.2, 0.25) is 0 Å². The molecule has 0 spiro atoms. The lowest BCUT2D eigenvalue weighted by Gasteiger charge is -2.34. The van der Waals surface area contributed by atoms with Gasteiger partial charge < -0.3 is 10.0 Å². The molecule has 3 aromatic rings. The van der Waals surface area contributed by atoms with E-state index < -0.39 is 0 Å². The highest BCUT2D eigenvalue weighted by molar-refractivity contribution is 5.86. The maximum absolute atomic E-state index is 9.84. The zero-order valence-corrected chi connectivity index (χ0v) is 16.1. The Bertz CT molecular complexity index is 1050. The molecule has 6 nitrogen and oxygen atoms in total. The Balaban J connectivity index is 2.14. The molecule has 0 saturated carbocycles. The first kappa shape index (κ1) is 17.8. The lowest BCUT2D eigenvalue weighted by atomic mass is 10.0. The van der Waals surface area contributed by atoms with E-state index in [0.29, 0.717) is 23.8 Å². The van der Waals surface area contributed by atoms with Gasteiger partial charge in [-0.25, -0.2) is 4.98 Å². The molecule has 2 aromatic heterocycles. The predicted molar refractivity (Wildman–Crippen MR) is 107 cm³/mol. The zero-order valence-electron chi connectivity index (χ0n) is 16.1. The van der Waals surface area contributed by atoms with E-state index in [-0.39, 0.29) is 6.61 Å². The molecular formula is C21H25N5O. The molecule has 0 bridgehead atoms. The number of anilines is 1. The van der Waals surface area contributed by atoms with E-state index in [4.69, 9.17) is 4.98 Å². The Hall–Kier alpha value is -2.62. The third-order valence-corrected chi connectivity index (χ3v) is 5.66. The molecule has 1 atom stereocenters. The quantitative estimate of drug-likeness (QED) is 0.772. The monoisotopic (exact) mass is 363 g/mol. The summed E-state index contributed by atoms with van der Waals surface area (Å²) in [5, 5.41) is 19.6. The second kappa shape index (κ2) is 6.84. The average Bonchev–Trinajstić information content (AvgIpc) is 3.28. The number of aliphatic hydroxyl groups is 1. The fraction of sp³-hybridized carbons (Fsp3) is 0.429. The van der Waals surface area contributed by atoms with E-state index in [0.717, 1.165) is 47.4 Å². The van der Waals surface area contributed by atoms with Crippen LogP contribution in [0, 0.1) is 18.3 Å². The van der Waals surface area contributed by atoms with Gasteiger partial charge >= 0.3 is 0 Å². The molecule has 140 valence electrons. The SMILES string of the molecule is Cc1c(CCO)c(N2CCCC2N(C)C)n2c(nc3ccccc32)c1C#N. The normalized spacial score (nSPS) is 17.3.